The molecule has 3 rings (SSSR count). The molecule has 0 aliphatic heterocycles. The standard InChI is InChI=1S/C17H15ClN2O/c18-10-11-20-16(12-13-6-2-1-3-7-13)19-15-9-5-4-8-14(15)17(20)21/h1-9H,10-12H2. The number of aromatic nitrogens is 2. The Labute approximate surface area is 127 Å². The summed E-state index contributed by atoms with van der Waals surface area (Å²) in [6.45, 7) is 0.473. The van der Waals surface area contributed by atoms with Crippen LogP contribution >= 0.6 is 11.6 Å². The average molecular weight is 299 g/mol. The maximum absolute atomic E-state index is 12.6. The third kappa shape index (κ3) is 2.83. The Morgan fingerprint density at radius 3 is 2.48 bits per heavy atom. The lowest BCUT2D eigenvalue weighted by Crippen LogP contribution is -2.26. The molecule has 0 unspecified atom stereocenters. The molecule has 0 saturated carbocycles. The van der Waals surface area contributed by atoms with Crippen LogP contribution in [0.15, 0.2) is 59.4 Å². The fraction of sp³-hybridized carbons (Fsp3) is 0.176. The predicted octanol–water partition coefficient (Wildman–Crippen LogP) is 3.23. The van der Waals surface area contributed by atoms with Gasteiger partial charge in [0.2, 0.25) is 0 Å². The topological polar surface area (TPSA) is 34.9 Å². The van der Waals surface area contributed by atoms with Gasteiger partial charge in [0.15, 0.2) is 0 Å². The summed E-state index contributed by atoms with van der Waals surface area (Å²) in [6, 6.07) is 17.4. The molecular weight excluding hydrogens is 284 g/mol. The van der Waals surface area contributed by atoms with Gasteiger partial charge in [-0.05, 0) is 17.7 Å². The van der Waals surface area contributed by atoms with E-state index in [2.05, 4.69) is 4.98 Å². The summed E-state index contributed by atoms with van der Waals surface area (Å²) in [5, 5.41) is 0.638. The Morgan fingerprint density at radius 2 is 1.71 bits per heavy atom. The van der Waals surface area contributed by atoms with Crippen molar-refractivity contribution in [2.75, 3.05) is 5.88 Å². The summed E-state index contributed by atoms with van der Waals surface area (Å²) in [4.78, 5) is 17.2. The van der Waals surface area contributed by atoms with Crippen molar-refractivity contribution in [2.24, 2.45) is 0 Å². The number of para-hydroxylation sites is 1. The molecule has 2 aromatic carbocycles. The second-order valence-electron chi connectivity index (χ2n) is 4.85. The maximum Gasteiger partial charge on any atom is 0.261 e. The zero-order valence-electron chi connectivity index (χ0n) is 11.5. The van der Waals surface area contributed by atoms with Crippen molar-refractivity contribution >= 4 is 22.5 Å². The lowest BCUT2D eigenvalue weighted by Gasteiger charge is -2.12. The molecule has 0 amide bonds. The average Bonchev–Trinajstić information content (AvgIpc) is 2.52. The Kier molecular flexibility index (Phi) is 4.02. The molecule has 0 aliphatic carbocycles. The van der Waals surface area contributed by atoms with Crippen LogP contribution in [0.4, 0.5) is 0 Å². The van der Waals surface area contributed by atoms with Crippen molar-refractivity contribution in [3.63, 3.8) is 0 Å². The van der Waals surface area contributed by atoms with Gasteiger partial charge in [-0.3, -0.25) is 9.36 Å². The van der Waals surface area contributed by atoms with Crippen molar-refractivity contribution in [3.8, 4) is 0 Å². The second-order valence-corrected chi connectivity index (χ2v) is 5.23. The number of fused-ring (bicyclic) bond motifs is 1. The van der Waals surface area contributed by atoms with E-state index in [1.54, 1.807) is 4.57 Å². The normalized spacial score (nSPS) is 10.9. The van der Waals surface area contributed by atoms with Gasteiger partial charge in [0.25, 0.3) is 5.56 Å². The second kappa shape index (κ2) is 6.10. The highest BCUT2D eigenvalue weighted by Gasteiger charge is 2.10. The maximum atomic E-state index is 12.6. The van der Waals surface area contributed by atoms with Crippen LogP contribution in [0.1, 0.15) is 11.4 Å². The first-order chi connectivity index (χ1) is 10.3. The molecule has 106 valence electrons. The van der Waals surface area contributed by atoms with Gasteiger partial charge in [-0.25, -0.2) is 4.98 Å². The molecule has 0 fully saturated rings. The zero-order chi connectivity index (χ0) is 14.7. The summed E-state index contributed by atoms with van der Waals surface area (Å²) >= 11 is 5.85. The molecule has 4 heteroatoms. The molecule has 3 nitrogen and oxygen atoms in total. The molecule has 0 atom stereocenters. The highest BCUT2D eigenvalue weighted by Crippen LogP contribution is 2.12. The number of halogens is 1. The van der Waals surface area contributed by atoms with Crippen LogP contribution in [0.5, 0.6) is 0 Å². The molecule has 0 aliphatic rings. The quantitative estimate of drug-likeness (QED) is 0.693. The highest BCUT2D eigenvalue weighted by atomic mass is 35.5. The first-order valence-electron chi connectivity index (χ1n) is 6.88. The van der Waals surface area contributed by atoms with Crippen molar-refractivity contribution in [2.45, 2.75) is 13.0 Å². The summed E-state index contributed by atoms with van der Waals surface area (Å²) in [5.41, 5.74) is 1.84. The highest BCUT2D eigenvalue weighted by molar-refractivity contribution is 6.17. The lowest BCUT2D eigenvalue weighted by atomic mass is 10.1. The molecule has 0 N–H and O–H groups in total. The van der Waals surface area contributed by atoms with Gasteiger partial charge in [0, 0.05) is 18.8 Å². The van der Waals surface area contributed by atoms with Crippen molar-refractivity contribution < 1.29 is 0 Å². The van der Waals surface area contributed by atoms with Crippen LogP contribution in [0.25, 0.3) is 10.9 Å². The number of hydrogen-bond acceptors (Lipinski definition) is 2. The third-order valence-corrected chi connectivity index (χ3v) is 3.62. The minimum Gasteiger partial charge on any atom is -0.295 e. The minimum atomic E-state index is -0.0211. The van der Waals surface area contributed by atoms with E-state index in [0.717, 1.165) is 16.9 Å². The molecule has 0 radical (unpaired) electrons. The summed E-state index contributed by atoms with van der Waals surface area (Å²) in [5.74, 6) is 1.15. The first-order valence-corrected chi connectivity index (χ1v) is 7.41. The van der Waals surface area contributed by atoms with E-state index in [-0.39, 0.29) is 5.56 Å². The number of hydrogen-bond donors (Lipinski definition) is 0. The van der Waals surface area contributed by atoms with E-state index in [1.165, 1.54) is 0 Å². The lowest BCUT2D eigenvalue weighted by molar-refractivity contribution is 0.673. The first kappa shape index (κ1) is 13.8. The van der Waals surface area contributed by atoms with Gasteiger partial charge in [-0.15, -0.1) is 11.6 Å². The van der Waals surface area contributed by atoms with E-state index < -0.39 is 0 Å². The molecule has 0 spiro atoms. The number of rotatable bonds is 4. The predicted molar refractivity (Wildman–Crippen MR) is 86.0 cm³/mol. The molecule has 0 saturated heterocycles. The Balaban J connectivity index is 2.15. The SMILES string of the molecule is O=c1c2ccccc2nc(Cc2ccccc2)n1CCCl. The van der Waals surface area contributed by atoms with Crippen LogP contribution in [0.3, 0.4) is 0 Å². The summed E-state index contributed by atoms with van der Waals surface area (Å²) in [7, 11) is 0. The molecule has 0 bridgehead atoms. The van der Waals surface area contributed by atoms with Crippen LogP contribution in [0.2, 0.25) is 0 Å². The molecule has 1 heterocycles. The zero-order valence-corrected chi connectivity index (χ0v) is 12.3. The van der Waals surface area contributed by atoms with Crippen molar-refractivity contribution in [3.05, 3.63) is 76.3 Å². The van der Waals surface area contributed by atoms with Gasteiger partial charge < -0.3 is 0 Å². The smallest absolute Gasteiger partial charge is 0.261 e. The monoisotopic (exact) mass is 298 g/mol. The van der Waals surface area contributed by atoms with Gasteiger partial charge in [0.1, 0.15) is 5.82 Å². The number of nitrogens with zero attached hydrogens (tertiary/aromatic N) is 2. The van der Waals surface area contributed by atoms with E-state index in [1.807, 2.05) is 54.6 Å². The van der Waals surface area contributed by atoms with Gasteiger partial charge in [-0.2, -0.15) is 0 Å². The molecular formula is C17H15ClN2O. The van der Waals surface area contributed by atoms with Crippen molar-refractivity contribution in [1.82, 2.24) is 9.55 Å². The van der Waals surface area contributed by atoms with Crippen LogP contribution in [0, 0.1) is 0 Å². The fourth-order valence-corrected chi connectivity index (χ4v) is 2.61. The van der Waals surface area contributed by atoms with Crippen molar-refractivity contribution in [1.29, 1.82) is 0 Å². The van der Waals surface area contributed by atoms with Gasteiger partial charge in [0.05, 0.1) is 10.9 Å². The van der Waals surface area contributed by atoms with E-state index in [4.69, 9.17) is 11.6 Å². The summed E-state index contributed by atoms with van der Waals surface area (Å²) < 4.78 is 1.68. The Hall–Kier alpha value is -2.13. The fourth-order valence-electron chi connectivity index (χ4n) is 2.44. The number of benzene rings is 2. The van der Waals surface area contributed by atoms with Gasteiger partial charge >= 0.3 is 0 Å². The molecule has 3 aromatic rings. The van der Waals surface area contributed by atoms with Crippen LogP contribution in [-0.2, 0) is 13.0 Å². The largest absolute Gasteiger partial charge is 0.295 e. The van der Waals surface area contributed by atoms with Crippen LogP contribution in [-0.4, -0.2) is 15.4 Å². The van der Waals surface area contributed by atoms with E-state index in [9.17, 15) is 4.79 Å². The molecule has 21 heavy (non-hydrogen) atoms. The Bertz CT molecular complexity index is 812. The molecule has 1 aromatic heterocycles. The van der Waals surface area contributed by atoms with Gasteiger partial charge in [-0.1, -0.05) is 42.5 Å². The minimum absolute atomic E-state index is 0.0211. The van der Waals surface area contributed by atoms with Crippen LogP contribution < -0.4 is 5.56 Å². The summed E-state index contributed by atoms with van der Waals surface area (Å²) in [6.07, 6.45) is 0.623. The Morgan fingerprint density at radius 1 is 1.00 bits per heavy atom. The van der Waals surface area contributed by atoms with E-state index in [0.29, 0.717) is 24.2 Å². The third-order valence-electron chi connectivity index (χ3n) is 3.45. The van der Waals surface area contributed by atoms with E-state index >= 15 is 0 Å². The number of alkyl halides is 1.